The smallest absolute Gasteiger partial charge is 0.212 e. The van der Waals surface area contributed by atoms with E-state index in [0.29, 0.717) is 11.1 Å². The van der Waals surface area contributed by atoms with Gasteiger partial charge in [0.25, 0.3) is 0 Å². The summed E-state index contributed by atoms with van der Waals surface area (Å²) >= 11 is 0. The summed E-state index contributed by atoms with van der Waals surface area (Å²) in [6, 6.07) is 20.6. The second-order valence-corrected chi connectivity index (χ2v) is 8.73. The number of fused-ring (bicyclic) bond motifs is 2. The van der Waals surface area contributed by atoms with Crippen LogP contribution in [0.4, 0.5) is 5.69 Å². The van der Waals surface area contributed by atoms with E-state index in [-0.39, 0.29) is 11.5 Å². The molecule has 2 aromatic carbocycles. The van der Waals surface area contributed by atoms with Gasteiger partial charge in [0.05, 0.1) is 11.1 Å². The predicted octanol–water partition coefficient (Wildman–Crippen LogP) is 6.14. The minimum Gasteiger partial charge on any atom is -0.506 e. The van der Waals surface area contributed by atoms with Gasteiger partial charge in [-0.3, -0.25) is 4.79 Å². The molecule has 2 heterocycles. The van der Waals surface area contributed by atoms with Crippen LogP contribution in [-0.4, -0.2) is 17.4 Å². The number of allylic oxidation sites excluding steroid dienone is 4. The lowest BCUT2D eigenvalue weighted by molar-refractivity contribution is -0.673. The molecule has 2 aliphatic rings. The molecule has 0 bridgehead atoms. The number of ketones is 1. The zero-order valence-electron chi connectivity index (χ0n) is 19.7. The van der Waals surface area contributed by atoms with Crippen LogP contribution in [0.1, 0.15) is 37.9 Å². The van der Waals surface area contributed by atoms with Crippen LogP contribution in [0.5, 0.6) is 0 Å². The molecule has 0 fully saturated rings. The largest absolute Gasteiger partial charge is 0.506 e. The molecule has 0 unspecified atom stereocenters. The molecule has 5 rings (SSSR count). The third-order valence-electron chi connectivity index (χ3n) is 6.42. The molecule has 0 amide bonds. The van der Waals surface area contributed by atoms with Gasteiger partial charge in [-0.15, -0.1) is 0 Å². The number of aliphatic hydroxyl groups is 1. The third-order valence-corrected chi connectivity index (χ3v) is 6.42. The summed E-state index contributed by atoms with van der Waals surface area (Å²) < 4.78 is 2.21. The molecule has 0 saturated carbocycles. The first kappa shape index (κ1) is 21.9. The molecule has 0 saturated heterocycles. The number of aromatic nitrogens is 1. The van der Waals surface area contributed by atoms with Crippen molar-refractivity contribution in [1.29, 1.82) is 0 Å². The van der Waals surface area contributed by atoms with Crippen molar-refractivity contribution in [3.63, 3.8) is 0 Å². The minimum atomic E-state index is -0.120. The quantitative estimate of drug-likeness (QED) is 0.363. The monoisotopic (exact) mass is 449 g/mol. The molecule has 34 heavy (non-hydrogen) atoms. The summed E-state index contributed by atoms with van der Waals surface area (Å²) in [7, 11) is 0. The van der Waals surface area contributed by atoms with Crippen LogP contribution in [0.3, 0.4) is 0 Å². The Labute approximate surface area is 200 Å². The van der Waals surface area contributed by atoms with Crippen LogP contribution in [0.2, 0.25) is 0 Å². The Morgan fingerprint density at radius 2 is 1.71 bits per heavy atom. The number of anilines is 1. The molecule has 4 nitrogen and oxygen atoms in total. The summed E-state index contributed by atoms with van der Waals surface area (Å²) in [5, 5.41) is 12.0. The van der Waals surface area contributed by atoms with Gasteiger partial charge < -0.3 is 10.0 Å². The maximum Gasteiger partial charge on any atom is 0.212 e. The molecule has 1 N–H and O–H groups in total. The molecule has 0 atom stereocenters. The minimum absolute atomic E-state index is 0.0671. The molecule has 0 radical (unpaired) electrons. The summed E-state index contributed by atoms with van der Waals surface area (Å²) in [6.45, 7) is 5.96. The van der Waals surface area contributed by atoms with Crippen molar-refractivity contribution in [1.82, 2.24) is 0 Å². The van der Waals surface area contributed by atoms with E-state index in [1.165, 1.54) is 0 Å². The first-order valence-corrected chi connectivity index (χ1v) is 12.0. The number of para-hydroxylation sites is 2. The Balaban J connectivity index is 1.53. The number of aryl methyl sites for hydroxylation is 1. The fraction of sp³-hybridized carbons (Fsp3) is 0.200. The van der Waals surface area contributed by atoms with Crippen molar-refractivity contribution >= 4 is 34.5 Å². The number of benzene rings is 2. The number of hydrogen-bond donors (Lipinski definition) is 1. The maximum absolute atomic E-state index is 13.1. The number of carbonyl (C=O) groups is 1. The van der Waals surface area contributed by atoms with Crippen molar-refractivity contribution in [2.24, 2.45) is 0 Å². The third kappa shape index (κ3) is 3.75. The lowest BCUT2D eigenvalue weighted by atomic mass is 9.86. The van der Waals surface area contributed by atoms with Crippen LogP contribution in [-0.2, 0) is 11.3 Å². The van der Waals surface area contributed by atoms with E-state index in [1.807, 2.05) is 48.6 Å². The van der Waals surface area contributed by atoms with Crippen molar-refractivity contribution < 1.29 is 14.5 Å². The zero-order valence-corrected chi connectivity index (χ0v) is 19.7. The maximum atomic E-state index is 13.1. The normalized spacial score (nSPS) is 17.6. The standard InChI is InChI=1S/C30H28N2O2/c1-3-17-31-23(15-13-21-9-5-7-11-27(21)31)19-25-29(33)26(30(25)34)20-24-16-14-22-10-6-8-12-28(22)32(24)18-4-2/h5-16,19-20H,3-4,17-18H2,1-2H3/p+1. The SMILES string of the molecule is CCCN1/C(=C/C2=C(O)C(=C\c3ccc4ccccc4[n+]3CCC)/C2=O)C=Cc2ccccc21. The summed E-state index contributed by atoms with van der Waals surface area (Å²) in [5.41, 5.74) is 5.98. The van der Waals surface area contributed by atoms with Crippen molar-refractivity contribution in [2.45, 2.75) is 33.2 Å². The second-order valence-electron chi connectivity index (χ2n) is 8.73. The van der Waals surface area contributed by atoms with Crippen LogP contribution >= 0.6 is 0 Å². The Bertz CT molecular complexity index is 1410. The fourth-order valence-corrected chi connectivity index (χ4v) is 4.76. The van der Waals surface area contributed by atoms with Crippen LogP contribution in [0.25, 0.3) is 23.1 Å². The molecular weight excluding hydrogens is 420 g/mol. The number of pyridine rings is 1. The topological polar surface area (TPSA) is 44.4 Å². The average Bonchev–Trinajstić information content (AvgIpc) is 2.87. The second kappa shape index (κ2) is 9.14. The van der Waals surface area contributed by atoms with Gasteiger partial charge in [-0.1, -0.05) is 50.3 Å². The Morgan fingerprint density at radius 3 is 2.50 bits per heavy atom. The fourth-order valence-electron chi connectivity index (χ4n) is 4.76. The number of rotatable bonds is 6. The number of Topliss-reactive ketones (excluding diaryl/α,β-unsaturated/α-hetero) is 1. The zero-order chi connectivity index (χ0) is 23.7. The van der Waals surface area contributed by atoms with E-state index in [4.69, 9.17) is 0 Å². The van der Waals surface area contributed by atoms with E-state index in [1.54, 1.807) is 0 Å². The Kier molecular flexibility index (Phi) is 5.89. The lowest BCUT2D eigenvalue weighted by Crippen LogP contribution is -2.38. The molecule has 1 aliphatic carbocycles. The summed E-state index contributed by atoms with van der Waals surface area (Å²) in [4.78, 5) is 15.3. The highest BCUT2D eigenvalue weighted by Gasteiger charge is 2.34. The van der Waals surface area contributed by atoms with Crippen LogP contribution < -0.4 is 9.47 Å². The molecular formula is C30H29N2O2+. The van der Waals surface area contributed by atoms with E-state index in [2.05, 4.69) is 59.7 Å². The van der Waals surface area contributed by atoms with Gasteiger partial charge in [0.1, 0.15) is 12.3 Å². The highest BCUT2D eigenvalue weighted by molar-refractivity contribution is 6.23. The predicted molar refractivity (Wildman–Crippen MR) is 138 cm³/mol. The van der Waals surface area contributed by atoms with Gasteiger partial charge in [0.15, 0.2) is 0 Å². The first-order valence-electron chi connectivity index (χ1n) is 12.0. The average molecular weight is 450 g/mol. The number of nitrogens with zero attached hydrogens (tertiary/aromatic N) is 2. The number of carbonyl (C=O) groups excluding carboxylic acids is 1. The van der Waals surface area contributed by atoms with Crippen LogP contribution in [0.15, 0.2) is 95.4 Å². The van der Waals surface area contributed by atoms with Gasteiger partial charge in [0.2, 0.25) is 17.0 Å². The van der Waals surface area contributed by atoms with Gasteiger partial charge in [-0.05, 0) is 42.3 Å². The van der Waals surface area contributed by atoms with Crippen molar-refractivity contribution in [3.05, 3.63) is 107 Å². The molecule has 1 aliphatic heterocycles. The van der Waals surface area contributed by atoms with E-state index in [0.717, 1.165) is 59.5 Å². The first-order chi connectivity index (χ1) is 16.6. The lowest BCUT2D eigenvalue weighted by Gasteiger charge is -2.31. The highest BCUT2D eigenvalue weighted by Crippen LogP contribution is 2.35. The number of hydrogen-bond acceptors (Lipinski definition) is 3. The molecule has 170 valence electrons. The Hall–Kier alpha value is -3.92. The van der Waals surface area contributed by atoms with Gasteiger partial charge in [0, 0.05) is 47.9 Å². The number of aliphatic hydroxyl groups excluding tert-OH is 1. The van der Waals surface area contributed by atoms with Gasteiger partial charge in [-0.2, -0.15) is 4.57 Å². The van der Waals surface area contributed by atoms with E-state index < -0.39 is 0 Å². The highest BCUT2D eigenvalue weighted by atomic mass is 16.3. The van der Waals surface area contributed by atoms with Crippen LogP contribution in [0, 0.1) is 0 Å². The van der Waals surface area contributed by atoms with Crippen molar-refractivity contribution in [3.8, 4) is 0 Å². The molecule has 0 spiro atoms. The molecule has 1 aromatic heterocycles. The van der Waals surface area contributed by atoms with E-state index >= 15 is 0 Å². The summed E-state index contributed by atoms with van der Waals surface area (Å²) in [6.07, 6.45) is 9.67. The van der Waals surface area contributed by atoms with Gasteiger partial charge >= 0.3 is 0 Å². The Morgan fingerprint density at radius 1 is 0.912 bits per heavy atom. The molecule has 4 heteroatoms. The van der Waals surface area contributed by atoms with Gasteiger partial charge in [-0.25, -0.2) is 0 Å². The van der Waals surface area contributed by atoms with E-state index in [9.17, 15) is 9.90 Å². The van der Waals surface area contributed by atoms with Crippen molar-refractivity contribution in [2.75, 3.05) is 11.4 Å². The molecule has 3 aromatic rings. The summed E-state index contributed by atoms with van der Waals surface area (Å²) in [5.74, 6) is -0.0534.